The van der Waals surface area contributed by atoms with Gasteiger partial charge in [-0.15, -0.1) is 0 Å². The fourth-order valence-corrected chi connectivity index (χ4v) is 2.16. The highest BCUT2D eigenvalue weighted by Crippen LogP contribution is 2.42. The average Bonchev–Trinajstić information content (AvgIpc) is 2.32. The van der Waals surface area contributed by atoms with Crippen molar-refractivity contribution in [2.24, 2.45) is 0 Å². The van der Waals surface area contributed by atoms with E-state index in [2.05, 4.69) is 19.9 Å². The average molecular weight is 286 g/mol. The number of benzene rings is 1. The summed E-state index contributed by atoms with van der Waals surface area (Å²) in [6.45, 7) is 5.60. The molecule has 1 aromatic rings. The molecule has 19 heavy (non-hydrogen) atoms. The Morgan fingerprint density at radius 3 is 2.37 bits per heavy atom. The van der Waals surface area contributed by atoms with E-state index in [-0.39, 0.29) is 0 Å². The first-order valence-corrected chi connectivity index (χ1v) is 8.40. The molecule has 2 N–H and O–H groups in total. The fourth-order valence-electron chi connectivity index (χ4n) is 1.91. The molecule has 0 aromatic heterocycles. The summed E-state index contributed by atoms with van der Waals surface area (Å²) in [6.07, 6.45) is 3.90. The minimum Gasteiger partial charge on any atom is -0.478 e. The van der Waals surface area contributed by atoms with Gasteiger partial charge in [0.1, 0.15) is 5.75 Å². The van der Waals surface area contributed by atoms with E-state index in [1.54, 1.807) is 0 Å². The molecule has 0 aliphatic carbocycles. The quantitative estimate of drug-likeness (QED) is 0.753. The summed E-state index contributed by atoms with van der Waals surface area (Å²) in [5, 5.41) is 0. The van der Waals surface area contributed by atoms with Gasteiger partial charge in [-0.3, -0.25) is 4.57 Å². The number of rotatable bonds is 7. The Morgan fingerprint density at radius 1 is 1.21 bits per heavy atom. The van der Waals surface area contributed by atoms with Crippen LogP contribution in [0.15, 0.2) is 18.2 Å². The van der Waals surface area contributed by atoms with Crippen molar-refractivity contribution in [3.63, 3.8) is 0 Å². The van der Waals surface area contributed by atoms with E-state index in [0.29, 0.717) is 5.75 Å². The summed E-state index contributed by atoms with van der Waals surface area (Å²) in [4.78, 5) is 18.2. The van der Waals surface area contributed by atoms with Crippen molar-refractivity contribution in [3.05, 3.63) is 29.3 Å². The van der Waals surface area contributed by atoms with Gasteiger partial charge < -0.3 is 14.5 Å². The van der Waals surface area contributed by atoms with Gasteiger partial charge in [0, 0.05) is 0 Å². The molecule has 0 heterocycles. The van der Waals surface area contributed by atoms with Crippen LogP contribution in [0.3, 0.4) is 0 Å². The lowest BCUT2D eigenvalue weighted by atomic mass is 10.0. The Bertz CT molecular complexity index is 453. The Morgan fingerprint density at radius 2 is 1.84 bits per heavy atom. The molecule has 0 fully saturated rings. The lowest BCUT2D eigenvalue weighted by Crippen LogP contribution is -2.13. The third-order valence-electron chi connectivity index (χ3n) is 2.95. The molecule has 0 saturated carbocycles. The normalized spacial score (nSPS) is 13.3. The van der Waals surface area contributed by atoms with Crippen molar-refractivity contribution < 1.29 is 19.1 Å². The predicted octanol–water partition coefficient (Wildman–Crippen LogP) is 3.49. The van der Waals surface area contributed by atoms with Crippen LogP contribution in [0.4, 0.5) is 0 Å². The van der Waals surface area contributed by atoms with Gasteiger partial charge in [0.2, 0.25) is 0 Å². The van der Waals surface area contributed by atoms with Crippen LogP contribution in [0, 0.1) is 0 Å². The molecule has 1 atom stereocenters. The Balaban J connectivity index is 2.96. The van der Waals surface area contributed by atoms with Crippen LogP contribution in [0.5, 0.6) is 5.75 Å². The second-order valence-corrected chi connectivity index (χ2v) is 6.65. The van der Waals surface area contributed by atoms with Crippen molar-refractivity contribution in [2.45, 2.75) is 52.3 Å². The molecule has 1 aromatic carbocycles. The topological polar surface area (TPSA) is 66.8 Å². The van der Waals surface area contributed by atoms with Crippen molar-refractivity contribution in [2.75, 3.05) is 0 Å². The van der Waals surface area contributed by atoms with E-state index in [1.807, 2.05) is 12.1 Å². The number of hydrogen-bond acceptors (Lipinski definition) is 2. The van der Waals surface area contributed by atoms with Crippen LogP contribution >= 0.6 is 7.60 Å². The van der Waals surface area contributed by atoms with Crippen LogP contribution in [-0.4, -0.2) is 15.6 Å². The molecule has 1 rings (SSSR count). The third kappa shape index (κ3) is 4.98. The van der Waals surface area contributed by atoms with Gasteiger partial charge >= 0.3 is 7.60 Å². The number of aryl methyl sites for hydroxylation is 2. The first kappa shape index (κ1) is 16.2. The van der Waals surface area contributed by atoms with Gasteiger partial charge in [-0.2, -0.15) is 0 Å². The van der Waals surface area contributed by atoms with Crippen molar-refractivity contribution >= 4 is 7.60 Å². The van der Waals surface area contributed by atoms with Crippen LogP contribution in [0.1, 0.15) is 44.7 Å². The van der Waals surface area contributed by atoms with E-state index in [4.69, 9.17) is 14.5 Å². The lowest BCUT2D eigenvalue weighted by molar-refractivity contribution is 0.235. The van der Waals surface area contributed by atoms with Crippen LogP contribution in [0.25, 0.3) is 0 Å². The maximum Gasteiger partial charge on any atom is 0.365 e. The lowest BCUT2D eigenvalue weighted by Gasteiger charge is -2.19. The predicted molar refractivity (Wildman–Crippen MR) is 76.6 cm³/mol. The molecule has 0 aliphatic heterocycles. The van der Waals surface area contributed by atoms with Crippen LogP contribution in [-0.2, 0) is 17.4 Å². The summed E-state index contributed by atoms with van der Waals surface area (Å²) in [5.74, 6) is -0.530. The molecular formula is C14H23O4P. The second kappa shape index (κ2) is 7.09. The monoisotopic (exact) mass is 286 g/mol. The molecule has 1 unspecified atom stereocenters. The van der Waals surface area contributed by atoms with E-state index in [0.717, 1.165) is 31.2 Å². The van der Waals surface area contributed by atoms with Gasteiger partial charge in [-0.25, -0.2) is 0 Å². The number of hydrogen-bond donors (Lipinski definition) is 2. The van der Waals surface area contributed by atoms with E-state index in [1.165, 1.54) is 12.5 Å². The van der Waals surface area contributed by atoms with E-state index >= 15 is 0 Å². The van der Waals surface area contributed by atoms with Gasteiger partial charge in [0.25, 0.3) is 0 Å². The minimum atomic E-state index is -4.21. The molecule has 0 spiro atoms. The molecule has 0 aliphatic rings. The molecule has 5 heteroatoms. The molecule has 108 valence electrons. The molecule has 4 nitrogen and oxygen atoms in total. The summed E-state index contributed by atoms with van der Waals surface area (Å²) >= 11 is 0. The summed E-state index contributed by atoms with van der Waals surface area (Å²) in [7, 11) is -4.21. The zero-order chi connectivity index (χ0) is 14.5. The molecule has 0 saturated heterocycles. The molecule has 0 radical (unpaired) electrons. The minimum absolute atomic E-state index is 0.581. The summed E-state index contributed by atoms with van der Waals surface area (Å²) in [6, 6.07) is 5.86. The highest BCUT2D eigenvalue weighted by Gasteiger charge is 2.26. The van der Waals surface area contributed by atoms with Crippen molar-refractivity contribution in [1.29, 1.82) is 0 Å². The SMILES string of the molecule is CCCc1ccc(OC(C)P(=O)(O)O)c(CCC)c1. The number of ether oxygens (including phenoxy) is 1. The fraction of sp³-hybridized carbons (Fsp3) is 0.571. The highest BCUT2D eigenvalue weighted by molar-refractivity contribution is 7.52. The Labute approximate surface area is 115 Å². The van der Waals surface area contributed by atoms with Crippen LogP contribution < -0.4 is 4.74 Å². The van der Waals surface area contributed by atoms with Gasteiger partial charge in [0.05, 0.1) is 0 Å². The highest BCUT2D eigenvalue weighted by atomic mass is 31.2. The smallest absolute Gasteiger partial charge is 0.365 e. The van der Waals surface area contributed by atoms with E-state index < -0.39 is 13.4 Å². The first-order chi connectivity index (χ1) is 8.88. The first-order valence-electron chi connectivity index (χ1n) is 6.72. The van der Waals surface area contributed by atoms with E-state index in [9.17, 15) is 4.57 Å². The third-order valence-corrected chi connectivity index (χ3v) is 4.01. The molecule has 0 bridgehead atoms. The summed E-state index contributed by atoms with van der Waals surface area (Å²) in [5.41, 5.74) is 2.26. The zero-order valence-corrected chi connectivity index (χ0v) is 12.7. The second-order valence-electron chi connectivity index (χ2n) is 4.75. The Kier molecular flexibility index (Phi) is 6.05. The van der Waals surface area contributed by atoms with Gasteiger partial charge in [-0.05, 0) is 37.0 Å². The van der Waals surface area contributed by atoms with Crippen molar-refractivity contribution in [3.8, 4) is 5.75 Å². The molecule has 0 amide bonds. The molecular weight excluding hydrogens is 263 g/mol. The summed E-state index contributed by atoms with van der Waals surface area (Å²) < 4.78 is 16.6. The van der Waals surface area contributed by atoms with Crippen molar-refractivity contribution in [1.82, 2.24) is 0 Å². The standard InChI is InChI=1S/C14H23O4P/c1-4-6-12-8-9-14(13(10-12)7-5-2)18-11(3)19(15,16)17/h8-11H,4-7H2,1-3H3,(H2,15,16,17). The van der Waals surface area contributed by atoms with Gasteiger partial charge in [0.15, 0.2) is 5.85 Å². The zero-order valence-electron chi connectivity index (χ0n) is 11.8. The maximum absolute atomic E-state index is 11.1. The maximum atomic E-state index is 11.1. The van der Waals surface area contributed by atoms with Gasteiger partial charge in [-0.1, -0.05) is 38.8 Å². The largest absolute Gasteiger partial charge is 0.478 e. The Hall–Kier alpha value is -0.830. The van der Waals surface area contributed by atoms with Crippen LogP contribution in [0.2, 0.25) is 0 Å².